The summed E-state index contributed by atoms with van der Waals surface area (Å²) in [6.45, 7) is 4.48. The minimum absolute atomic E-state index is 0.0910. The Balaban J connectivity index is 1.65. The van der Waals surface area contributed by atoms with E-state index < -0.39 is 0 Å². The number of nitrogens with zero attached hydrogens (tertiary/aromatic N) is 1. The molecule has 1 nitrogen and oxygen atoms in total. The summed E-state index contributed by atoms with van der Waals surface area (Å²) in [6, 6.07) is 20.4. The third-order valence-corrected chi connectivity index (χ3v) is 5.87. The molecule has 0 spiro atoms. The molecule has 0 bridgehead atoms. The lowest BCUT2D eigenvalue weighted by molar-refractivity contribution is 0.197. The highest BCUT2D eigenvalue weighted by atomic mass is 14.4. The molecule has 3 rings (SSSR count). The maximum absolute atomic E-state index is 9.72. The van der Waals surface area contributed by atoms with Gasteiger partial charge in [0.25, 0.3) is 0 Å². The smallest absolute Gasteiger partial charge is 0.0689 e. The highest BCUT2D eigenvalue weighted by molar-refractivity contribution is 5.63. The van der Waals surface area contributed by atoms with Crippen LogP contribution in [0.3, 0.4) is 0 Å². The highest BCUT2D eigenvalue weighted by Crippen LogP contribution is 2.42. The van der Waals surface area contributed by atoms with Crippen LogP contribution in [-0.4, -0.2) is 0 Å². The van der Waals surface area contributed by atoms with Crippen molar-refractivity contribution in [1.29, 1.82) is 5.26 Å². The Morgan fingerprint density at radius 3 is 2.12 bits per heavy atom. The number of nitriles is 1. The molecule has 0 radical (unpaired) electrons. The van der Waals surface area contributed by atoms with E-state index in [4.69, 9.17) is 0 Å². The summed E-state index contributed by atoms with van der Waals surface area (Å²) in [5, 5.41) is 9.72. The number of hydrogen-bond donors (Lipinski definition) is 0. The second kappa shape index (κ2) is 7.87. The van der Waals surface area contributed by atoms with Gasteiger partial charge >= 0.3 is 0 Å². The fraction of sp³-hybridized carbons (Fsp3) is 0.458. The molecule has 0 aromatic heterocycles. The maximum atomic E-state index is 9.72. The molecule has 25 heavy (non-hydrogen) atoms. The fourth-order valence-electron chi connectivity index (χ4n) is 4.22. The largest absolute Gasteiger partial charge is 0.198 e. The molecule has 2 aromatic rings. The van der Waals surface area contributed by atoms with E-state index in [1.54, 1.807) is 0 Å². The highest BCUT2D eigenvalue weighted by Gasteiger charge is 2.34. The zero-order valence-electron chi connectivity index (χ0n) is 15.6. The fourth-order valence-corrected chi connectivity index (χ4v) is 4.22. The molecule has 2 unspecified atom stereocenters. The van der Waals surface area contributed by atoms with Crippen LogP contribution in [0.15, 0.2) is 48.5 Å². The Labute approximate surface area is 152 Å². The van der Waals surface area contributed by atoms with Crippen molar-refractivity contribution in [2.45, 2.75) is 58.8 Å². The lowest BCUT2D eigenvalue weighted by Gasteiger charge is -2.34. The third kappa shape index (κ3) is 4.31. The van der Waals surface area contributed by atoms with Crippen molar-refractivity contribution in [3.8, 4) is 17.2 Å². The summed E-state index contributed by atoms with van der Waals surface area (Å²) >= 11 is 0. The first-order valence-electron chi connectivity index (χ1n) is 9.74. The van der Waals surface area contributed by atoms with Crippen molar-refractivity contribution in [2.75, 3.05) is 0 Å². The SMILES string of the molecule is CCc1ccc(-c2ccc(CCC3(C#N)CCCC(C)C3)cc2)cc1. The lowest BCUT2D eigenvalue weighted by Crippen LogP contribution is -2.26. The number of rotatable bonds is 5. The van der Waals surface area contributed by atoms with Gasteiger partial charge in [0.05, 0.1) is 11.5 Å². The van der Waals surface area contributed by atoms with E-state index in [0.29, 0.717) is 5.92 Å². The van der Waals surface area contributed by atoms with Gasteiger partial charge in [0.15, 0.2) is 0 Å². The molecule has 1 aliphatic rings. The van der Waals surface area contributed by atoms with Crippen molar-refractivity contribution >= 4 is 0 Å². The standard InChI is InChI=1S/C24H29N/c1-3-20-6-10-22(11-7-20)23-12-8-21(9-13-23)14-16-24(18-25)15-4-5-19(2)17-24/h6-13,19H,3-5,14-17H2,1-2H3. The first kappa shape index (κ1) is 17.7. The third-order valence-electron chi connectivity index (χ3n) is 5.87. The molecule has 0 amide bonds. The molecule has 2 atom stereocenters. The Morgan fingerprint density at radius 1 is 1.00 bits per heavy atom. The van der Waals surface area contributed by atoms with Crippen molar-refractivity contribution < 1.29 is 0 Å². The van der Waals surface area contributed by atoms with Gasteiger partial charge in [0, 0.05) is 0 Å². The van der Waals surface area contributed by atoms with E-state index in [1.807, 2.05) is 0 Å². The predicted octanol–water partition coefficient (Wildman–Crippen LogP) is 6.57. The van der Waals surface area contributed by atoms with Gasteiger partial charge in [-0.2, -0.15) is 5.26 Å². The summed E-state index contributed by atoms with van der Waals surface area (Å²) in [5.74, 6) is 0.696. The van der Waals surface area contributed by atoms with Gasteiger partial charge in [0.2, 0.25) is 0 Å². The van der Waals surface area contributed by atoms with Crippen LogP contribution in [0, 0.1) is 22.7 Å². The Bertz CT molecular complexity index is 720. The van der Waals surface area contributed by atoms with Gasteiger partial charge < -0.3 is 0 Å². The molecule has 2 aromatic carbocycles. The normalized spacial score (nSPS) is 23.2. The second-order valence-electron chi connectivity index (χ2n) is 7.84. The average Bonchev–Trinajstić information content (AvgIpc) is 2.67. The van der Waals surface area contributed by atoms with E-state index in [2.05, 4.69) is 68.4 Å². The van der Waals surface area contributed by atoms with Crippen LogP contribution in [-0.2, 0) is 12.8 Å². The van der Waals surface area contributed by atoms with Gasteiger partial charge in [-0.1, -0.05) is 75.2 Å². The van der Waals surface area contributed by atoms with Gasteiger partial charge in [-0.05, 0) is 60.3 Å². The molecule has 0 N–H and O–H groups in total. The molecule has 1 fully saturated rings. The molecular weight excluding hydrogens is 302 g/mol. The molecule has 130 valence electrons. The summed E-state index contributed by atoms with van der Waals surface area (Å²) < 4.78 is 0. The van der Waals surface area contributed by atoms with Crippen molar-refractivity contribution in [3.63, 3.8) is 0 Å². The Hall–Kier alpha value is -2.07. The first-order chi connectivity index (χ1) is 12.1. The zero-order valence-corrected chi connectivity index (χ0v) is 15.6. The van der Waals surface area contributed by atoms with Gasteiger partial charge in [0.1, 0.15) is 0 Å². The van der Waals surface area contributed by atoms with Gasteiger partial charge in [-0.25, -0.2) is 0 Å². The molecule has 1 aliphatic carbocycles. The van der Waals surface area contributed by atoms with Gasteiger partial charge in [-0.15, -0.1) is 0 Å². The molecule has 1 heteroatoms. The maximum Gasteiger partial charge on any atom is 0.0689 e. The first-order valence-corrected chi connectivity index (χ1v) is 9.74. The summed E-state index contributed by atoms with van der Waals surface area (Å²) in [5.41, 5.74) is 5.18. The van der Waals surface area contributed by atoms with Crippen LogP contribution in [0.4, 0.5) is 0 Å². The lowest BCUT2D eigenvalue weighted by atomic mass is 9.68. The zero-order chi connectivity index (χ0) is 17.7. The van der Waals surface area contributed by atoms with Crippen LogP contribution >= 0.6 is 0 Å². The summed E-state index contributed by atoms with van der Waals surface area (Å²) in [7, 11) is 0. The Kier molecular flexibility index (Phi) is 5.59. The number of benzene rings is 2. The summed E-state index contributed by atoms with van der Waals surface area (Å²) in [4.78, 5) is 0. The van der Waals surface area contributed by atoms with Crippen LogP contribution in [0.25, 0.3) is 11.1 Å². The van der Waals surface area contributed by atoms with Crippen LogP contribution < -0.4 is 0 Å². The minimum atomic E-state index is -0.0910. The van der Waals surface area contributed by atoms with Crippen molar-refractivity contribution in [3.05, 3.63) is 59.7 Å². The van der Waals surface area contributed by atoms with E-state index in [-0.39, 0.29) is 5.41 Å². The van der Waals surface area contributed by atoms with Crippen molar-refractivity contribution in [1.82, 2.24) is 0 Å². The van der Waals surface area contributed by atoms with Crippen molar-refractivity contribution in [2.24, 2.45) is 11.3 Å². The average molecular weight is 332 g/mol. The quantitative estimate of drug-likeness (QED) is 0.608. The molecule has 1 saturated carbocycles. The van der Waals surface area contributed by atoms with E-state index in [1.165, 1.54) is 35.1 Å². The molecule has 0 aliphatic heterocycles. The monoisotopic (exact) mass is 331 g/mol. The van der Waals surface area contributed by atoms with E-state index in [9.17, 15) is 5.26 Å². The minimum Gasteiger partial charge on any atom is -0.198 e. The van der Waals surface area contributed by atoms with Crippen LogP contribution in [0.1, 0.15) is 57.1 Å². The number of hydrogen-bond acceptors (Lipinski definition) is 1. The Morgan fingerprint density at radius 2 is 1.60 bits per heavy atom. The summed E-state index contributed by atoms with van der Waals surface area (Å²) in [6.07, 6.45) is 7.74. The van der Waals surface area contributed by atoms with Crippen LogP contribution in [0.2, 0.25) is 0 Å². The topological polar surface area (TPSA) is 23.8 Å². The molecule has 0 saturated heterocycles. The number of aryl methyl sites for hydroxylation is 2. The molecule has 0 heterocycles. The predicted molar refractivity (Wildman–Crippen MR) is 105 cm³/mol. The molecular formula is C24H29N. The van der Waals surface area contributed by atoms with Crippen LogP contribution in [0.5, 0.6) is 0 Å². The van der Waals surface area contributed by atoms with Gasteiger partial charge in [-0.3, -0.25) is 0 Å². The second-order valence-corrected chi connectivity index (χ2v) is 7.84. The van der Waals surface area contributed by atoms with E-state index in [0.717, 1.165) is 32.1 Å². The van der Waals surface area contributed by atoms with E-state index >= 15 is 0 Å².